The molecule has 5 heteroatoms. The van der Waals surface area contributed by atoms with Gasteiger partial charge >= 0.3 is 0 Å². The lowest BCUT2D eigenvalue weighted by atomic mass is 9.86. The predicted molar refractivity (Wildman–Crippen MR) is 122 cm³/mol. The number of tetrazole rings is 1. The smallest absolute Gasteiger partial charge is 0.211 e. The molecule has 5 nitrogen and oxygen atoms in total. The zero-order valence-corrected chi connectivity index (χ0v) is 17.9. The lowest BCUT2D eigenvalue weighted by molar-refractivity contribution is 0.296. The molecule has 0 bridgehead atoms. The summed E-state index contributed by atoms with van der Waals surface area (Å²) in [4.78, 5) is 0. The number of hydrogen-bond donors (Lipinski definition) is 1. The molecule has 1 aromatic heterocycles. The number of nitrogens with zero attached hydrogens (tertiary/aromatic N) is 3. The van der Waals surface area contributed by atoms with Crippen molar-refractivity contribution in [1.82, 2.24) is 20.6 Å². The average Bonchev–Trinajstić information content (AvgIpc) is 3.50. The van der Waals surface area contributed by atoms with E-state index in [4.69, 9.17) is 4.74 Å². The lowest BCUT2D eigenvalue weighted by Gasteiger charge is -2.19. The van der Waals surface area contributed by atoms with E-state index in [0.717, 1.165) is 11.7 Å². The van der Waals surface area contributed by atoms with E-state index in [2.05, 4.69) is 94.3 Å². The molecule has 158 valence electrons. The van der Waals surface area contributed by atoms with Crippen molar-refractivity contribution in [3.8, 4) is 5.75 Å². The molecule has 1 aliphatic carbocycles. The molecular weight excluding hydrogens is 384 g/mol. The van der Waals surface area contributed by atoms with E-state index in [9.17, 15) is 0 Å². The second kappa shape index (κ2) is 8.88. The first-order valence-corrected chi connectivity index (χ1v) is 11.2. The van der Waals surface area contributed by atoms with Crippen LogP contribution in [0.2, 0.25) is 0 Å². The van der Waals surface area contributed by atoms with Gasteiger partial charge in [0.1, 0.15) is 5.75 Å². The van der Waals surface area contributed by atoms with E-state index in [1.807, 2.05) is 0 Å². The van der Waals surface area contributed by atoms with Gasteiger partial charge < -0.3 is 4.74 Å². The number of aromatic amines is 1. The topological polar surface area (TPSA) is 63.7 Å². The Morgan fingerprint density at radius 1 is 1.00 bits per heavy atom. The molecule has 0 radical (unpaired) electrons. The van der Waals surface area contributed by atoms with E-state index in [0.29, 0.717) is 24.3 Å². The number of aromatic nitrogens is 4. The molecule has 0 aliphatic heterocycles. The highest BCUT2D eigenvalue weighted by molar-refractivity contribution is 5.86. The Balaban J connectivity index is 1.19. The zero-order valence-electron chi connectivity index (χ0n) is 17.9. The van der Waals surface area contributed by atoms with Gasteiger partial charge in [-0.15, -0.1) is 10.2 Å². The summed E-state index contributed by atoms with van der Waals surface area (Å²) in [5.74, 6) is 3.41. The average molecular weight is 413 g/mol. The Hall–Kier alpha value is -3.21. The second-order valence-corrected chi connectivity index (χ2v) is 8.77. The number of rotatable bonds is 7. The summed E-state index contributed by atoms with van der Waals surface area (Å²) in [5, 5.41) is 16.6. The van der Waals surface area contributed by atoms with Crippen molar-refractivity contribution in [2.45, 2.75) is 51.0 Å². The normalized spacial score (nSPS) is 19.5. The fraction of sp³-hybridized carbons (Fsp3) is 0.346. The van der Waals surface area contributed by atoms with Crippen LogP contribution in [0.5, 0.6) is 5.75 Å². The fourth-order valence-electron chi connectivity index (χ4n) is 5.13. The summed E-state index contributed by atoms with van der Waals surface area (Å²) in [6.07, 6.45) is 5.13. The van der Waals surface area contributed by atoms with Gasteiger partial charge in [0.05, 0.1) is 0 Å². The maximum absolute atomic E-state index is 5.74. The van der Waals surface area contributed by atoms with Crippen LogP contribution in [-0.2, 0) is 6.61 Å². The lowest BCUT2D eigenvalue weighted by Crippen LogP contribution is -2.03. The summed E-state index contributed by atoms with van der Waals surface area (Å²) in [7, 11) is 0. The van der Waals surface area contributed by atoms with Gasteiger partial charge in [0, 0.05) is 0 Å². The van der Waals surface area contributed by atoms with Gasteiger partial charge in [-0.3, -0.25) is 0 Å². The van der Waals surface area contributed by atoms with Gasteiger partial charge in [0.2, 0.25) is 5.82 Å². The Labute approximate surface area is 182 Å². The van der Waals surface area contributed by atoms with Crippen LogP contribution >= 0.6 is 0 Å². The Bertz CT molecular complexity index is 1120. The molecule has 3 atom stereocenters. The number of H-pyrrole nitrogens is 1. The summed E-state index contributed by atoms with van der Waals surface area (Å²) in [5.41, 5.74) is 2.91. The number of fused-ring (bicyclic) bond motifs is 1. The van der Waals surface area contributed by atoms with Crippen molar-refractivity contribution in [2.24, 2.45) is 5.92 Å². The van der Waals surface area contributed by atoms with Crippen LogP contribution in [-0.4, -0.2) is 20.6 Å². The van der Waals surface area contributed by atoms with E-state index < -0.39 is 0 Å². The molecule has 1 heterocycles. The van der Waals surface area contributed by atoms with Crippen molar-refractivity contribution in [1.29, 1.82) is 0 Å². The zero-order chi connectivity index (χ0) is 21.0. The third kappa shape index (κ3) is 4.46. The van der Waals surface area contributed by atoms with Crippen molar-refractivity contribution in [3.63, 3.8) is 0 Å². The molecule has 1 N–H and O–H groups in total. The monoisotopic (exact) mass is 412 g/mol. The summed E-state index contributed by atoms with van der Waals surface area (Å²) < 4.78 is 5.74. The second-order valence-electron chi connectivity index (χ2n) is 8.77. The maximum atomic E-state index is 5.74. The molecular formula is C26H28N4O. The standard InChI is InChI=1S/C26H28N4O/c1-18(24-8-4-6-21-5-2-3-7-25(21)24)15-19-9-10-22(16-19)20-11-13-23(14-12-20)31-17-26-27-29-30-28-26/h2-8,11-14,18-19,22H,9-10,15-17H2,1H3,(H,27,28,29,30)/t18-,19?,22?/m0/s1. The first kappa shape index (κ1) is 19.7. The highest BCUT2D eigenvalue weighted by Crippen LogP contribution is 2.43. The molecule has 3 aromatic carbocycles. The molecule has 0 spiro atoms. The minimum atomic E-state index is 0.327. The van der Waals surface area contributed by atoms with Gasteiger partial charge in [-0.25, -0.2) is 0 Å². The van der Waals surface area contributed by atoms with E-state index >= 15 is 0 Å². The molecule has 5 rings (SSSR count). The molecule has 0 amide bonds. The molecule has 2 unspecified atom stereocenters. The van der Waals surface area contributed by atoms with Crippen LogP contribution in [0.25, 0.3) is 10.8 Å². The Kier molecular flexibility index (Phi) is 5.65. The maximum Gasteiger partial charge on any atom is 0.211 e. The third-order valence-electron chi connectivity index (χ3n) is 6.69. The number of ether oxygens (including phenoxy) is 1. The number of benzene rings is 3. The van der Waals surface area contributed by atoms with Crippen LogP contribution in [0.3, 0.4) is 0 Å². The highest BCUT2D eigenvalue weighted by Gasteiger charge is 2.27. The largest absolute Gasteiger partial charge is 0.485 e. The van der Waals surface area contributed by atoms with E-state index in [-0.39, 0.29) is 0 Å². The van der Waals surface area contributed by atoms with E-state index in [1.54, 1.807) is 0 Å². The van der Waals surface area contributed by atoms with Crippen LogP contribution in [0.4, 0.5) is 0 Å². The molecule has 31 heavy (non-hydrogen) atoms. The highest BCUT2D eigenvalue weighted by atomic mass is 16.5. The minimum Gasteiger partial charge on any atom is -0.485 e. The van der Waals surface area contributed by atoms with E-state index in [1.165, 1.54) is 47.6 Å². The van der Waals surface area contributed by atoms with Gasteiger partial charge in [0.25, 0.3) is 0 Å². The summed E-state index contributed by atoms with van der Waals surface area (Å²) in [6.45, 7) is 2.72. The van der Waals surface area contributed by atoms with Gasteiger partial charge in [0.15, 0.2) is 6.61 Å². The van der Waals surface area contributed by atoms with Crippen molar-refractivity contribution >= 4 is 10.8 Å². The Morgan fingerprint density at radius 3 is 2.68 bits per heavy atom. The Morgan fingerprint density at radius 2 is 1.84 bits per heavy atom. The van der Waals surface area contributed by atoms with Gasteiger partial charge in [-0.05, 0) is 77.5 Å². The molecule has 1 aliphatic rings. The molecule has 1 saturated carbocycles. The number of hydrogen-bond acceptors (Lipinski definition) is 4. The first-order valence-electron chi connectivity index (χ1n) is 11.2. The minimum absolute atomic E-state index is 0.327. The quantitative estimate of drug-likeness (QED) is 0.404. The van der Waals surface area contributed by atoms with Crippen molar-refractivity contribution < 1.29 is 4.74 Å². The summed E-state index contributed by atoms with van der Waals surface area (Å²) >= 11 is 0. The third-order valence-corrected chi connectivity index (χ3v) is 6.69. The van der Waals surface area contributed by atoms with Gasteiger partial charge in [-0.1, -0.05) is 66.7 Å². The van der Waals surface area contributed by atoms with Crippen LogP contribution in [0.15, 0.2) is 66.7 Å². The molecule has 0 saturated heterocycles. The van der Waals surface area contributed by atoms with Crippen molar-refractivity contribution in [3.05, 3.63) is 83.7 Å². The fourth-order valence-corrected chi connectivity index (χ4v) is 5.13. The van der Waals surface area contributed by atoms with Crippen LogP contribution in [0, 0.1) is 5.92 Å². The van der Waals surface area contributed by atoms with Crippen LogP contribution in [0.1, 0.15) is 61.4 Å². The predicted octanol–water partition coefficient (Wildman–Crippen LogP) is 6.01. The van der Waals surface area contributed by atoms with Gasteiger partial charge in [-0.2, -0.15) is 5.21 Å². The first-order chi connectivity index (χ1) is 15.3. The summed E-state index contributed by atoms with van der Waals surface area (Å²) in [6, 6.07) is 24.0. The van der Waals surface area contributed by atoms with Crippen LogP contribution < -0.4 is 4.74 Å². The SMILES string of the molecule is C[C@@H](CC1CCC(c2ccc(OCc3nn[nH]n3)cc2)C1)c1cccc2ccccc12. The number of nitrogens with one attached hydrogen (secondary N) is 1. The molecule has 4 aromatic rings. The van der Waals surface area contributed by atoms with Crippen molar-refractivity contribution in [2.75, 3.05) is 0 Å². The molecule has 1 fully saturated rings.